The second-order valence-corrected chi connectivity index (χ2v) is 10.8. The number of hydrogen-bond donors (Lipinski definition) is 1. The summed E-state index contributed by atoms with van der Waals surface area (Å²) in [5, 5.41) is 3.64. The van der Waals surface area contributed by atoms with Crippen molar-refractivity contribution in [1.82, 2.24) is 0 Å². The average molecular weight is 536 g/mol. The predicted molar refractivity (Wildman–Crippen MR) is 163 cm³/mol. The minimum Gasteiger partial charge on any atom is -0.378 e. The highest BCUT2D eigenvalue weighted by Crippen LogP contribution is 2.36. The normalized spacial score (nSPS) is 16.4. The Hall–Kier alpha value is -4.02. The van der Waals surface area contributed by atoms with Gasteiger partial charge in [-0.3, -0.25) is 0 Å². The van der Waals surface area contributed by atoms with Gasteiger partial charge in [0.1, 0.15) is 11.6 Å². The van der Waals surface area contributed by atoms with E-state index in [2.05, 4.69) is 78.2 Å². The number of rotatable bonds is 10. The predicted octanol–water partition coefficient (Wildman–Crippen LogP) is 8.77. The van der Waals surface area contributed by atoms with E-state index in [0.717, 1.165) is 54.8 Å². The highest BCUT2D eigenvalue weighted by molar-refractivity contribution is 5.50. The average Bonchev–Trinajstić information content (AvgIpc) is 2.99. The molecule has 1 aliphatic heterocycles. The molecule has 4 aromatic carbocycles. The van der Waals surface area contributed by atoms with E-state index in [1.54, 1.807) is 12.1 Å². The van der Waals surface area contributed by atoms with E-state index in [0.29, 0.717) is 5.92 Å². The Morgan fingerprint density at radius 2 is 1.12 bits per heavy atom. The monoisotopic (exact) mass is 535 g/mol. The maximum atomic E-state index is 13.8. The molecule has 1 fully saturated rings. The fraction of sp³-hybridized carbons (Fsp3) is 0.222. The summed E-state index contributed by atoms with van der Waals surface area (Å²) < 4.78 is 28.3. The minimum absolute atomic E-state index is 0.0213. The highest BCUT2D eigenvalue weighted by Gasteiger charge is 2.36. The molecule has 0 aromatic heterocycles. The Morgan fingerprint density at radius 1 is 0.650 bits per heavy atom. The number of quaternary nitrogens is 1. The molecule has 2 nitrogen and oxygen atoms in total. The summed E-state index contributed by atoms with van der Waals surface area (Å²) in [7, 11) is 0. The molecule has 1 unspecified atom stereocenters. The number of halogens is 2. The maximum absolute atomic E-state index is 13.8. The van der Waals surface area contributed by atoms with E-state index in [4.69, 9.17) is 0 Å². The van der Waals surface area contributed by atoms with Crippen molar-refractivity contribution < 1.29 is 13.3 Å². The number of anilines is 1. The Balaban J connectivity index is 1.34. The zero-order chi connectivity index (χ0) is 27.6. The van der Waals surface area contributed by atoms with Gasteiger partial charge in [-0.15, -0.1) is 0 Å². The van der Waals surface area contributed by atoms with Crippen LogP contribution < -0.4 is 5.32 Å². The Labute approximate surface area is 236 Å². The molecule has 1 N–H and O–H groups in total. The molecule has 1 aliphatic rings. The number of benzene rings is 4. The lowest BCUT2D eigenvalue weighted by Crippen LogP contribution is -2.54. The molecule has 0 saturated carbocycles. The van der Waals surface area contributed by atoms with Gasteiger partial charge >= 0.3 is 0 Å². The van der Waals surface area contributed by atoms with Gasteiger partial charge in [0.2, 0.25) is 0 Å². The molecule has 0 radical (unpaired) electrons. The number of likely N-dealkylation sites (tertiary alicyclic amines) is 1. The summed E-state index contributed by atoms with van der Waals surface area (Å²) in [6.07, 6.45) is 11.2. The van der Waals surface area contributed by atoms with E-state index in [9.17, 15) is 8.78 Å². The topological polar surface area (TPSA) is 12.0 Å². The molecule has 0 amide bonds. The molecule has 204 valence electrons. The first kappa shape index (κ1) is 27.5. The Bertz CT molecular complexity index is 1320. The minimum atomic E-state index is -0.254. The van der Waals surface area contributed by atoms with Crippen molar-refractivity contribution in [3.8, 4) is 0 Å². The van der Waals surface area contributed by atoms with Crippen molar-refractivity contribution in [2.75, 3.05) is 31.5 Å². The summed E-state index contributed by atoms with van der Waals surface area (Å²) >= 11 is 0. The fourth-order valence-corrected chi connectivity index (χ4v) is 5.73. The summed E-state index contributed by atoms with van der Waals surface area (Å²) in [4.78, 5) is 0. The second kappa shape index (κ2) is 13.4. The number of hydrogen-bond acceptors (Lipinski definition) is 1. The van der Waals surface area contributed by atoms with E-state index in [1.807, 2.05) is 24.3 Å². The van der Waals surface area contributed by atoms with E-state index >= 15 is 0 Å². The van der Waals surface area contributed by atoms with Crippen molar-refractivity contribution in [3.05, 3.63) is 150 Å². The van der Waals surface area contributed by atoms with Gasteiger partial charge in [-0.25, -0.2) is 8.78 Å². The molecule has 40 heavy (non-hydrogen) atoms. The van der Waals surface area contributed by atoms with Crippen LogP contribution >= 0.6 is 0 Å². The maximum Gasteiger partial charge on any atom is 0.123 e. The van der Waals surface area contributed by atoms with Crippen LogP contribution in [0, 0.1) is 17.6 Å². The number of nitrogens with zero attached hydrogens (tertiary/aromatic N) is 1. The van der Waals surface area contributed by atoms with Gasteiger partial charge < -0.3 is 9.80 Å². The highest BCUT2D eigenvalue weighted by atomic mass is 19.1. The van der Waals surface area contributed by atoms with Gasteiger partial charge in [-0.2, -0.15) is 0 Å². The summed E-state index contributed by atoms with van der Waals surface area (Å²) in [5.74, 6) is -0.118. The summed E-state index contributed by atoms with van der Waals surface area (Å²) in [5.41, 5.74) is 4.37. The molecule has 0 aliphatic carbocycles. The van der Waals surface area contributed by atoms with E-state index in [-0.39, 0.29) is 17.7 Å². The summed E-state index contributed by atoms with van der Waals surface area (Å²) in [6.45, 7) is 4.03. The third-order valence-electron chi connectivity index (χ3n) is 8.02. The molecule has 0 bridgehead atoms. The Morgan fingerprint density at radius 3 is 1.62 bits per heavy atom. The molecule has 1 saturated heterocycles. The molecule has 1 atom stereocenters. The van der Waals surface area contributed by atoms with Gasteiger partial charge in [0, 0.05) is 18.5 Å². The first-order valence-electron chi connectivity index (χ1n) is 14.1. The molecular weight excluding hydrogens is 498 g/mol. The van der Waals surface area contributed by atoms with E-state index in [1.165, 1.54) is 35.4 Å². The standard InChI is InChI=1S/C36H37F2N2/c37-33-17-15-31(16-18-33)36(39-35-21-19-34(38)20-22-35)32-23-27-40(28-24-32,25-7-13-29-9-3-1-4-10-29)26-8-14-30-11-5-2-6-12-30/h1-22,32,36,39H,23-28H2/q+1/b13-7+,14-8+. The van der Waals surface area contributed by atoms with Gasteiger partial charge in [0.05, 0.1) is 32.2 Å². The second-order valence-electron chi connectivity index (χ2n) is 10.8. The lowest BCUT2D eigenvalue weighted by atomic mass is 9.84. The first-order valence-corrected chi connectivity index (χ1v) is 14.1. The van der Waals surface area contributed by atoms with Crippen LogP contribution in [0.25, 0.3) is 12.2 Å². The largest absolute Gasteiger partial charge is 0.378 e. The third kappa shape index (κ3) is 7.55. The Kier molecular flexibility index (Phi) is 9.20. The molecule has 0 spiro atoms. The van der Waals surface area contributed by atoms with Gasteiger partial charge in [0.15, 0.2) is 0 Å². The molecule has 5 rings (SSSR count). The van der Waals surface area contributed by atoms with Crippen molar-refractivity contribution in [3.63, 3.8) is 0 Å². The SMILES string of the molecule is Fc1ccc(NC(c2ccc(F)cc2)C2CC[N+](C/C=C/c3ccccc3)(C/C=C/c3ccccc3)CC2)cc1. The molecule has 4 aromatic rings. The van der Waals surface area contributed by atoms with Crippen LogP contribution in [0.2, 0.25) is 0 Å². The van der Waals surface area contributed by atoms with Crippen LogP contribution in [-0.2, 0) is 0 Å². The lowest BCUT2D eigenvalue weighted by molar-refractivity contribution is -0.923. The van der Waals surface area contributed by atoms with Gasteiger partial charge in [0.25, 0.3) is 0 Å². The van der Waals surface area contributed by atoms with Crippen molar-refractivity contribution in [1.29, 1.82) is 0 Å². The quantitative estimate of drug-likeness (QED) is 0.200. The van der Waals surface area contributed by atoms with Crippen LogP contribution in [0.5, 0.6) is 0 Å². The third-order valence-corrected chi connectivity index (χ3v) is 8.02. The molecule has 4 heteroatoms. The van der Waals surface area contributed by atoms with Crippen LogP contribution in [0.4, 0.5) is 14.5 Å². The van der Waals surface area contributed by atoms with Crippen LogP contribution in [0.15, 0.2) is 121 Å². The van der Waals surface area contributed by atoms with Gasteiger partial charge in [-0.1, -0.05) is 84.9 Å². The number of nitrogens with one attached hydrogen (secondary N) is 1. The number of piperidine rings is 1. The lowest BCUT2D eigenvalue weighted by Gasteiger charge is -2.44. The first-order chi connectivity index (χ1) is 19.6. The van der Waals surface area contributed by atoms with E-state index < -0.39 is 0 Å². The fourth-order valence-electron chi connectivity index (χ4n) is 5.73. The van der Waals surface area contributed by atoms with Crippen molar-refractivity contribution in [2.24, 2.45) is 5.92 Å². The smallest absolute Gasteiger partial charge is 0.123 e. The van der Waals surface area contributed by atoms with Crippen molar-refractivity contribution >= 4 is 17.8 Å². The van der Waals surface area contributed by atoms with Crippen molar-refractivity contribution in [2.45, 2.75) is 18.9 Å². The molecule has 1 heterocycles. The zero-order valence-electron chi connectivity index (χ0n) is 22.8. The van der Waals surface area contributed by atoms with Crippen LogP contribution in [0.3, 0.4) is 0 Å². The van der Waals surface area contributed by atoms with Gasteiger partial charge in [-0.05, 0) is 71.2 Å². The van der Waals surface area contributed by atoms with Crippen LogP contribution in [0.1, 0.15) is 35.6 Å². The zero-order valence-corrected chi connectivity index (χ0v) is 22.8. The van der Waals surface area contributed by atoms with Crippen LogP contribution in [-0.4, -0.2) is 30.7 Å². The molecular formula is C36H37F2N2+. The summed E-state index contributed by atoms with van der Waals surface area (Å²) in [6, 6.07) is 34.2.